The number of hydrogen-bond acceptors (Lipinski definition) is 3. The van der Waals surface area contributed by atoms with Gasteiger partial charge >= 0.3 is 0 Å². The number of unbranched alkanes of at least 4 members (excludes halogenated alkanes) is 5. The van der Waals surface area contributed by atoms with Crippen molar-refractivity contribution in [1.29, 1.82) is 0 Å². The SMILES string of the molecule is CCCCCCCOc1ccccc1/C=N/NC(=O)CCCC. The first kappa shape index (κ1) is 19.2. The zero-order valence-electron chi connectivity index (χ0n) is 14.5. The second-order valence-corrected chi connectivity index (χ2v) is 5.70. The molecule has 128 valence electrons. The van der Waals surface area contributed by atoms with Gasteiger partial charge in [-0.25, -0.2) is 5.43 Å². The number of ether oxygens (including phenoxy) is 1. The monoisotopic (exact) mass is 318 g/mol. The van der Waals surface area contributed by atoms with Gasteiger partial charge in [-0.2, -0.15) is 5.10 Å². The molecule has 0 aliphatic rings. The largest absolute Gasteiger partial charge is 0.493 e. The van der Waals surface area contributed by atoms with Gasteiger partial charge in [-0.3, -0.25) is 4.79 Å². The Hall–Kier alpha value is -1.84. The predicted octanol–water partition coefficient (Wildman–Crippen LogP) is 4.68. The molecule has 23 heavy (non-hydrogen) atoms. The number of carbonyl (C=O) groups is 1. The molecule has 0 unspecified atom stereocenters. The van der Waals surface area contributed by atoms with Crippen molar-refractivity contribution in [3.63, 3.8) is 0 Å². The van der Waals surface area contributed by atoms with Gasteiger partial charge in [-0.15, -0.1) is 0 Å². The average molecular weight is 318 g/mol. The van der Waals surface area contributed by atoms with E-state index in [1.807, 2.05) is 24.3 Å². The van der Waals surface area contributed by atoms with Gasteiger partial charge in [0.15, 0.2) is 0 Å². The van der Waals surface area contributed by atoms with E-state index in [1.165, 1.54) is 25.7 Å². The highest BCUT2D eigenvalue weighted by Crippen LogP contribution is 2.16. The molecule has 0 atom stereocenters. The Morgan fingerprint density at radius 2 is 1.83 bits per heavy atom. The molecule has 0 fully saturated rings. The van der Waals surface area contributed by atoms with Crippen molar-refractivity contribution >= 4 is 12.1 Å². The van der Waals surface area contributed by atoms with Crippen molar-refractivity contribution in [2.24, 2.45) is 5.10 Å². The lowest BCUT2D eigenvalue weighted by atomic mass is 10.2. The Kier molecular flexibility index (Phi) is 10.6. The molecule has 0 aliphatic heterocycles. The third kappa shape index (κ3) is 9.01. The molecule has 4 heteroatoms. The number of para-hydroxylation sites is 1. The highest BCUT2D eigenvalue weighted by molar-refractivity contribution is 5.85. The summed E-state index contributed by atoms with van der Waals surface area (Å²) in [5.74, 6) is 0.770. The minimum absolute atomic E-state index is 0.0441. The normalized spacial score (nSPS) is 10.9. The number of nitrogens with zero attached hydrogens (tertiary/aromatic N) is 1. The number of benzene rings is 1. The van der Waals surface area contributed by atoms with Crippen LogP contribution in [0.25, 0.3) is 0 Å². The molecule has 1 rings (SSSR count). The molecule has 0 aliphatic carbocycles. The first-order valence-corrected chi connectivity index (χ1v) is 8.81. The van der Waals surface area contributed by atoms with Crippen LogP contribution in [0.2, 0.25) is 0 Å². The summed E-state index contributed by atoms with van der Waals surface area (Å²) in [4.78, 5) is 11.5. The van der Waals surface area contributed by atoms with Crippen LogP contribution < -0.4 is 10.2 Å². The summed E-state index contributed by atoms with van der Waals surface area (Å²) < 4.78 is 5.84. The van der Waals surface area contributed by atoms with Crippen molar-refractivity contribution in [1.82, 2.24) is 5.43 Å². The second-order valence-electron chi connectivity index (χ2n) is 5.70. The summed E-state index contributed by atoms with van der Waals surface area (Å²) in [5, 5.41) is 4.02. The molecular weight excluding hydrogens is 288 g/mol. The van der Waals surface area contributed by atoms with E-state index in [0.717, 1.165) is 37.2 Å². The summed E-state index contributed by atoms with van der Waals surface area (Å²) in [6.45, 7) is 5.00. The fraction of sp³-hybridized carbons (Fsp3) is 0.579. The van der Waals surface area contributed by atoms with Crippen LogP contribution in [0, 0.1) is 0 Å². The van der Waals surface area contributed by atoms with Gasteiger partial charge in [0.2, 0.25) is 5.91 Å². The topological polar surface area (TPSA) is 50.7 Å². The van der Waals surface area contributed by atoms with Crippen LogP contribution >= 0.6 is 0 Å². The van der Waals surface area contributed by atoms with E-state index in [-0.39, 0.29) is 5.91 Å². The Morgan fingerprint density at radius 3 is 2.61 bits per heavy atom. The Balaban J connectivity index is 2.39. The maximum atomic E-state index is 11.5. The summed E-state index contributed by atoms with van der Waals surface area (Å²) in [6, 6.07) is 7.76. The van der Waals surface area contributed by atoms with E-state index < -0.39 is 0 Å². The number of rotatable bonds is 12. The molecule has 4 nitrogen and oxygen atoms in total. The molecule has 0 heterocycles. The highest BCUT2D eigenvalue weighted by atomic mass is 16.5. The van der Waals surface area contributed by atoms with Crippen LogP contribution in [0.3, 0.4) is 0 Å². The molecule has 0 saturated carbocycles. The van der Waals surface area contributed by atoms with E-state index in [0.29, 0.717) is 6.42 Å². The highest BCUT2D eigenvalue weighted by Gasteiger charge is 2.01. The summed E-state index contributed by atoms with van der Waals surface area (Å²) >= 11 is 0. The summed E-state index contributed by atoms with van der Waals surface area (Å²) in [6.07, 6.45) is 10.2. The van der Waals surface area contributed by atoms with Crippen molar-refractivity contribution in [3.05, 3.63) is 29.8 Å². The van der Waals surface area contributed by atoms with E-state index >= 15 is 0 Å². The molecule has 1 amide bonds. The van der Waals surface area contributed by atoms with E-state index in [4.69, 9.17) is 4.74 Å². The first-order valence-electron chi connectivity index (χ1n) is 8.81. The molecule has 0 spiro atoms. The van der Waals surface area contributed by atoms with Crippen LogP contribution in [0.5, 0.6) is 5.75 Å². The second kappa shape index (κ2) is 12.7. The van der Waals surface area contributed by atoms with Gasteiger partial charge in [0.1, 0.15) is 5.75 Å². The van der Waals surface area contributed by atoms with Gasteiger partial charge in [0.25, 0.3) is 0 Å². The number of nitrogens with one attached hydrogen (secondary N) is 1. The first-order chi connectivity index (χ1) is 11.3. The lowest BCUT2D eigenvalue weighted by Crippen LogP contribution is -2.16. The minimum Gasteiger partial charge on any atom is -0.493 e. The van der Waals surface area contributed by atoms with Crippen molar-refractivity contribution in [2.45, 2.75) is 65.2 Å². The van der Waals surface area contributed by atoms with Gasteiger partial charge in [0.05, 0.1) is 12.8 Å². The number of amides is 1. The maximum Gasteiger partial charge on any atom is 0.240 e. The van der Waals surface area contributed by atoms with E-state index in [1.54, 1.807) is 6.21 Å². The maximum absolute atomic E-state index is 11.5. The van der Waals surface area contributed by atoms with Crippen molar-refractivity contribution in [3.8, 4) is 5.75 Å². The van der Waals surface area contributed by atoms with Gasteiger partial charge < -0.3 is 4.74 Å². The summed E-state index contributed by atoms with van der Waals surface area (Å²) in [5.41, 5.74) is 3.44. The molecular formula is C19H30N2O2. The van der Waals surface area contributed by atoms with Gasteiger partial charge in [0, 0.05) is 12.0 Å². The van der Waals surface area contributed by atoms with E-state index in [9.17, 15) is 4.79 Å². The summed E-state index contributed by atoms with van der Waals surface area (Å²) in [7, 11) is 0. The minimum atomic E-state index is -0.0441. The lowest BCUT2D eigenvalue weighted by Gasteiger charge is -2.08. The Morgan fingerprint density at radius 1 is 1.09 bits per heavy atom. The van der Waals surface area contributed by atoms with Crippen LogP contribution in [-0.4, -0.2) is 18.7 Å². The molecule has 1 aromatic rings. The predicted molar refractivity (Wildman–Crippen MR) is 96.0 cm³/mol. The Labute approximate surface area is 140 Å². The fourth-order valence-electron chi connectivity index (χ4n) is 2.17. The fourth-order valence-corrected chi connectivity index (χ4v) is 2.17. The standard InChI is InChI=1S/C19H30N2O2/c1-3-5-7-8-11-15-23-18-13-10-9-12-17(18)16-20-21-19(22)14-6-4-2/h9-10,12-13,16H,3-8,11,14-15H2,1-2H3,(H,21,22)/b20-16+. The van der Waals surface area contributed by atoms with E-state index in [2.05, 4.69) is 24.4 Å². The zero-order valence-corrected chi connectivity index (χ0v) is 14.5. The van der Waals surface area contributed by atoms with Crippen LogP contribution in [0.1, 0.15) is 70.8 Å². The molecule has 1 aromatic carbocycles. The number of hydrazone groups is 1. The van der Waals surface area contributed by atoms with Crippen molar-refractivity contribution < 1.29 is 9.53 Å². The smallest absolute Gasteiger partial charge is 0.240 e. The average Bonchev–Trinajstić information content (AvgIpc) is 2.57. The third-order valence-corrected chi connectivity index (χ3v) is 3.57. The Bertz CT molecular complexity index is 472. The third-order valence-electron chi connectivity index (χ3n) is 3.57. The molecule has 0 bridgehead atoms. The molecule has 0 radical (unpaired) electrons. The molecule has 1 N–H and O–H groups in total. The molecule has 0 aromatic heterocycles. The van der Waals surface area contributed by atoms with Gasteiger partial charge in [-0.1, -0.05) is 58.1 Å². The van der Waals surface area contributed by atoms with Crippen LogP contribution in [0.4, 0.5) is 0 Å². The number of carbonyl (C=O) groups excluding carboxylic acids is 1. The van der Waals surface area contributed by atoms with Gasteiger partial charge in [-0.05, 0) is 25.0 Å². The lowest BCUT2D eigenvalue weighted by molar-refractivity contribution is -0.121. The van der Waals surface area contributed by atoms with Crippen LogP contribution in [-0.2, 0) is 4.79 Å². The molecule has 0 saturated heterocycles. The quantitative estimate of drug-likeness (QED) is 0.346. The van der Waals surface area contributed by atoms with Crippen LogP contribution in [0.15, 0.2) is 29.4 Å². The van der Waals surface area contributed by atoms with Crippen molar-refractivity contribution in [2.75, 3.05) is 6.61 Å². The number of hydrogen-bond donors (Lipinski definition) is 1. The zero-order chi connectivity index (χ0) is 16.8.